The van der Waals surface area contributed by atoms with Crippen molar-refractivity contribution >= 4 is 18.4 Å². The fourth-order valence-electron chi connectivity index (χ4n) is 2.25. The molecule has 9 nitrogen and oxygen atoms in total. The van der Waals surface area contributed by atoms with Gasteiger partial charge in [0.1, 0.15) is 0 Å². The van der Waals surface area contributed by atoms with Gasteiger partial charge in [-0.15, -0.1) is 0 Å². The Labute approximate surface area is 193 Å². The van der Waals surface area contributed by atoms with Gasteiger partial charge in [0.05, 0.1) is 84.2 Å². The van der Waals surface area contributed by atoms with Gasteiger partial charge in [-0.25, -0.2) is 0 Å². The summed E-state index contributed by atoms with van der Waals surface area (Å²) < 4.78 is 61.3. The molecular weight excluding hydrogens is 456 g/mol. The first-order chi connectivity index (χ1) is 15.3. The summed E-state index contributed by atoms with van der Waals surface area (Å²) in [4.78, 5) is 0.130. The Bertz CT molecular complexity index is 666. The molecule has 186 valence electrons. The van der Waals surface area contributed by atoms with E-state index in [9.17, 15) is 8.42 Å². The van der Waals surface area contributed by atoms with E-state index in [0.717, 1.165) is 0 Å². The zero-order valence-electron chi connectivity index (χ0n) is 19.5. The molecule has 0 spiro atoms. The molecule has 0 unspecified atom stereocenters. The van der Waals surface area contributed by atoms with Crippen molar-refractivity contribution in [3.05, 3.63) is 30.3 Å². The van der Waals surface area contributed by atoms with Crippen molar-refractivity contribution in [1.29, 1.82) is 0 Å². The quantitative estimate of drug-likeness (QED) is 0.145. The molecule has 11 heteroatoms. The highest BCUT2D eigenvalue weighted by molar-refractivity contribution is 7.86. The van der Waals surface area contributed by atoms with Crippen LogP contribution in [-0.4, -0.2) is 96.0 Å². The SMILES string of the molecule is C[Si](C)(C)OCCOCCOCCOCCOCCOCCOS(=O)(=O)c1ccccc1. The molecule has 1 aromatic carbocycles. The predicted octanol–water partition coefficient (Wildman–Crippen LogP) is 2.33. The molecule has 1 rings (SSSR count). The van der Waals surface area contributed by atoms with Crippen molar-refractivity contribution in [2.75, 3.05) is 79.3 Å². The van der Waals surface area contributed by atoms with Crippen LogP contribution in [0.4, 0.5) is 0 Å². The van der Waals surface area contributed by atoms with Crippen LogP contribution >= 0.6 is 0 Å². The zero-order chi connectivity index (χ0) is 23.5. The average Bonchev–Trinajstić information content (AvgIpc) is 2.75. The molecule has 0 heterocycles. The minimum absolute atomic E-state index is 0.0440. The van der Waals surface area contributed by atoms with Gasteiger partial charge in [-0.2, -0.15) is 8.42 Å². The molecular formula is C21H38O9SSi. The monoisotopic (exact) mass is 494 g/mol. The molecule has 0 N–H and O–H groups in total. The molecule has 0 aromatic heterocycles. The topological polar surface area (TPSA) is 98.8 Å². The van der Waals surface area contributed by atoms with Crippen molar-refractivity contribution in [2.45, 2.75) is 24.5 Å². The largest absolute Gasteiger partial charge is 0.415 e. The average molecular weight is 495 g/mol. The summed E-state index contributed by atoms with van der Waals surface area (Å²) in [6.45, 7) is 11.5. The Morgan fingerprint density at radius 1 is 0.594 bits per heavy atom. The molecule has 0 atom stereocenters. The van der Waals surface area contributed by atoms with E-state index in [1.165, 1.54) is 12.1 Å². The number of benzene rings is 1. The van der Waals surface area contributed by atoms with Crippen molar-refractivity contribution in [3.63, 3.8) is 0 Å². The Kier molecular flexibility index (Phi) is 16.0. The molecule has 0 amide bonds. The second kappa shape index (κ2) is 17.6. The summed E-state index contributed by atoms with van der Waals surface area (Å²) in [6, 6.07) is 8.00. The standard InChI is InChI=1S/C21H38O9SSi/c1-32(2,3)30-20-18-28-16-14-26-12-10-24-9-11-25-13-15-27-17-19-29-31(22,23)21-7-5-4-6-8-21/h4-8H,9-20H2,1-3H3. The molecule has 0 aliphatic carbocycles. The number of hydrogen-bond donors (Lipinski definition) is 0. The molecule has 0 aliphatic rings. The van der Waals surface area contributed by atoms with Crippen LogP contribution in [0.3, 0.4) is 0 Å². The van der Waals surface area contributed by atoms with E-state index in [-0.39, 0.29) is 18.1 Å². The Hall–Kier alpha value is -0.893. The van der Waals surface area contributed by atoms with Gasteiger partial charge in [0.15, 0.2) is 8.32 Å². The normalized spacial score (nSPS) is 12.3. The summed E-state index contributed by atoms with van der Waals surface area (Å²) in [5.41, 5.74) is 0. The highest BCUT2D eigenvalue weighted by atomic mass is 32.2. The minimum Gasteiger partial charge on any atom is -0.415 e. The lowest BCUT2D eigenvalue weighted by Gasteiger charge is -2.16. The fraction of sp³-hybridized carbons (Fsp3) is 0.714. The Morgan fingerprint density at radius 3 is 1.38 bits per heavy atom. The van der Waals surface area contributed by atoms with Crippen molar-refractivity contribution in [3.8, 4) is 0 Å². The third-order valence-electron chi connectivity index (χ3n) is 3.75. The fourth-order valence-corrected chi connectivity index (χ4v) is 3.86. The summed E-state index contributed by atoms with van der Waals surface area (Å²) in [6.07, 6.45) is 0. The maximum atomic E-state index is 11.9. The van der Waals surface area contributed by atoms with E-state index in [0.29, 0.717) is 66.1 Å². The third kappa shape index (κ3) is 16.7. The number of ether oxygens (including phenoxy) is 5. The van der Waals surface area contributed by atoms with Gasteiger partial charge in [-0.05, 0) is 31.8 Å². The van der Waals surface area contributed by atoms with Crippen LogP contribution in [0.25, 0.3) is 0 Å². The second-order valence-corrected chi connectivity index (χ2v) is 13.7. The molecule has 0 bridgehead atoms. The summed E-state index contributed by atoms with van der Waals surface area (Å²) in [7, 11) is -5.19. The van der Waals surface area contributed by atoms with Gasteiger partial charge in [0, 0.05) is 0 Å². The Balaban J connectivity index is 1.78. The first-order valence-electron chi connectivity index (χ1n) is 10.8. The van der Waals surface area contributed by atoms with Gasteiger partial charge < -0.3 is 28.1 Å². The zero-order valence-corrected chi connectivity index (χ0v) is 21.3. The molecule has 0 fully saturated rings. The predicted molar refractivity (Wildman–Crippen MR) is 123 cm³/mol. The number of hydrogen-bond acceptors (Lipinski definition) is 9. The van der Waals surface area contributed by atoms with Crippen LogP contribution in [0, 0.1) is 0 Å². The third-order valence-corrected chi connectivity index (χ3v) is 6.15. The lowest BCUT2D eigenvalue weighted by molar-refractivity contribution is -0.0142. The van der Waals surface area contributed by atoms with Crippen molar-refractivity contribution in [2.24, 2.45) is 0 Å². The van der Waals surface area contributed by atoms with Gasteiger partial charge >= 0.3 is 0 Å². The summed E-state index contributed by atoms with van der Waals surface area (Å²) in [5, 5.41) is 0. The molecule has 1 aromatic rings. The summed E-state index contributed by atoms with van der Waals surface area (Å²) >= 11 is 0. The lowest BCUT2D eigenvalue weighted by Crippen LogP contribution is -2.27. The Morgan fingerprint density at radius 2 is 0.969 bits per heavy atom. The highest BCUT2D eigenvalue weighted by Crippen LogP contribution is 2.10. The lowest BCUT2D eigenvalue weighted by atomic mass is 10.4. The maximum Gasteiger partial charge on any atom is 0.297 e. The highest BCUT2D eigenvalue weighted by Gasteiger charge is 2.14. The second-order valence-electron chi connectivity index (χ2n) is 7.61. The minimum atomic E-state index is -3.74. The molecule has 32 heavy (non-hydrogen) atoms. The van der Waals surface area contributed by atoms with Gasteiger partial charge in [0.2, 0.25) is 0 Å². The van der Waals surface area contributed by atoms with Gasteiger partial charge in [-0.1, -0.05) is 18.2 Å². The van der Waals surface area contributed by atoms with Crippen molar-refractivity contribution in [1.82, 2.24) is 0 Å². The van der Waals surface area contributed by atoms with Crippen LogP contribution in [-0.2, 0) is 42.4 Å². The summed E-state index contributed by atoms with van der Waals surface area (Å²) in [5.74, 6) is 0. The van der Waals surface area contributed by atoms with Gasteiger partial charge in [-0.3, -0.25) is 4.18 Å². The van der Waals surface area contributed by atoms with E-state index >= 15 is 0 Å². The van der Waals surface area contributed by atoms with E-state index < -0.39 is 18.4 Å². The van der Waals surface area contributed by atoms with Crippen LogP contribution in [0.5, 0.6) is 0 Å². The van der Waals surface area contributed by atoms with Gasteiger partial charge in [0.25, 0.3) is 10.1 Å². The van der Waals surface area contributed by atoms with E-state index in [4.69, 9.17) is 32.3 Å². The first kappa shape index (κ1) is 29.1. The van der Waals surface area contributed by atoms with Crippen molar-refractivity contribution < 1.29 is 40.7 Å². The first-order valence-corrected chi connectivity index (χ1v) is 15.6. The number of rotatable bonds is 21. The van der Waals surface area contributed by atoms with Crippen LogP contribution < -0.4 is 0 Å². The molecule has 0 radical (unpaired) electrons. The molecule has 0 saturated heterocycles. The maximum absolute atomic E-state index is 11.9. The smallest absolute Gasteiger partial charge is 0.297 e. The van der Waals surface area contributed by atoms with E-state index in [1.54, 1.807) is 18.2 Å². The molecule has 0 saturated carbocycles. The van der Waals surface area contributed by atoms with E-state index in [1.807, 2.05) is 0 Å². The molecule has 0 aliphatic heterocycles. The van der Waals surface area contributed by atoms with Crippen LogP contribution in [0.15, 0.2) is 35.2 Å². The van der Waals surface area contributed by atoms with Crippen LogP contribution in [0.1, 0.15) is 0 Å². The van der Waals surface area contributed by atoms with E-state index in [2.05, 4.69) is 19.6 Å². The van der Waals surface area contributed by atoms with Crippen LogP contribution in [0.2, 0.25) is 19.6 Å².